The van der Waals surface area contributed by atoms with Crippen molar-refractivity contribution in [3.63, 3.8) is 0 Å². The number of hydrogen-bond donors (Lipinski definition) is 0. The molecule has 0 aliphatic heterocycles. The van der Waals surface area contributed by atoms with Crippen molar-refractivity contribution in [3.8, 4) is 0 Å². The quantitative estimate of drug-likeness (QED) is 0.447. The Bertz CT molecular complexity index is 710. The van der Waals surface area contributed by atoms with Gasteiger partial charge >= 0.3 is 145 Å². The molecule has 0 saturated heterocycles. The van der Waals surface area contributed by atoms with Crippen LogP contribution >= 0.6 is 0 Å². The predicted molar refractivity (Wildman–Crippen MR) is 89.4 cm³/mol. The molecule has 0 saturated carbocycles. The van der Waals surface area contributed by atoms with E-state index < -0.39 is 0 Å². The van der Waals surface area contributed by atoms with Gasteiger partial charge < -0.3 is 37.2 Å². The first-order chi connectivity index (χ1) is 10.5. The van der Waals surface area contributed by atoms with Gasteiger partial charge in [0, 0.05) is 0 Å². The average Bonchev–Trinajstić information content (AvgIpc) is 2.83. The van der Waals surface area contributed by atoms with E-state index in [1.807, 2.05) is 0 Å². The molecule has 0 N–H and O–H groups in total. The maximum Gasteiger partial charge on any atom is -1.00 e. The standard InChI is InChI=1S/C21H21.3ClH.Ti/c1-16-14-15-20(17(16)2)21(3,18-10-6-4-7-11-18)19-12-8-5-9-13-19;;;;/h4-13H,15H2,1-3H3;3*1H;/q;;;;+3/p-3. The van der Waals surface area contributed by atoms with E-state index in [0.717, 1.165) is 6.42 Å². The predicted octanol–water partition coefficient (Wildman–Crippen LogP) is -3.45. The van der Waals surface area contributed by atoms with Gasteiger partial charge in [0.15, 0.2) is 0 Å². The molecule has 130 valence electrons. The Morgan fingerprint density at radius 3 is 1.44 bits per heavy atom. The number of hydrogen-bond acceptors (Lipinski definition) is 0. The minimum absolute atomic E-state index is 0. The molecule has 0 aromatic heterocycles. The summed E-state index contributed by atoms with van der Waals surface area (Å²) in [6, 6.07) is 21.8. The van der Waals surface area contributed by atoms with Crippen LogP contribution < -0.4 is 37.2 Å². The molecular weight excluding hydrogens is 406 g/mol. The second-order valence-corrected chi connectivity index (χ2v) is 7.18. The molecule has 2 aromatic carbocycles. The average molecular weight is 428 g/mol. The molecule has 1 aliphatic carbocycles. The number of rotatable bonds is 3. The topological polar surface area (TPSA) is 0 Å². The van der Waals surface area contributed by atoms with E-state index in [1.54, 1.807) is 5.57 Å². The van der Waals surface area contributed by atoms with Crippen LogP contribution in [0.1, 0.15) is 38.3 Å². The largest absolute Gasteiger partial charge is 1.00 e. The van der Waals surface area contributed by atoms with Crippen LogP contribution in [0.2, 0.25) is 0 Å². The number of benzene rings is 2. The van der Waals surface area contributed by atoms with E-state index in [-0.39, 0.29) is 42.6 Å². The summed E-state index contributed by atoms with van der Waals surface area (Å²) in [6.45, 7) is 6.92. The van der Waals surface area contributed by atoms with Crippen LogP contribution in [-0.4, -0.2) is 0 Å². The molecule has 0 amide bonds. The summed E-state index contributed by atoms with van der Waals surface area (Å²) in [4.78, 5) is 0. The molecule has 1 aliphatic rings. The van der Waals surface area contributed by atoms with Gasteiger partial charge in [-0.25, -0.2) is 0 Å². The molecule has 0 nitrogen and oxygen atoms in total. The van der Waals surface area contributed by atoms with Crippen molar-refractivity contribution in [2.75, 3.05) is 0 Å². The van der Waals surface area contributed by atoms with Crippen molar-refractivity contribution in [3.05, 3.63) is 92.4 Å². The van der Waals surface area contributed by atoms with Crippen molar-refractivity contribution in [2.45, 2.75) is 32.6 Å². The zero-order chi connectivity index (χ0) is 15.7. The summed E-state index contributed by atoms with van der Waals surface area (Å²) in [6.07, 6.45) is 1.08. The van der Waals surface area contributed by atoms with E-state index >= 15 is 0 Å². The maximum absolute atomic E-state index is 2.38. The summed E-state index contributed by atoms with van der Waals surface area (Å²) in [5.41, 5.74) is 7.16. The molecular formula is C21H21Cl3Ti. The number of halogens is 3. The second-order valence-electron chi connectivity index (χ2n) is 6.24. The molecule has 0 fully saturated rings. The fourth-order valence-corrected chi connectivity index (χ4v) is 4.07. The van der Waals surface area contributed by atoms with Gasteiger partial charge in [-0.1, -0.05) is 0 Å². The SMILES string of the molecule is CC1=[C]([Ti+3])CC(C(C)(c2ccccc2)c2ccccc2)=C1C.[Cl-].[Cl-].[Cl-]. The molecule has 0 bridgehead atoms. The van der Waals surface area contributed by atoms with Crippen molar-refractivity contribution >= 4 is 0 Å². The van der Waals surface area contributed by atoms with Gasteiger partial charge in [-0.05, 0) is 0 Å². The monoisotopic (exact) mass is 426 g/mol. The summed E-state index contributed by atoms with van der Waals surface area (Å²) < 4.78 is 1.51. The Labute approximate surface area is 181 Å². The van der Waals surface area contributed by atoms with Gasteiger partial charge in [0.1, 0.15) is 0 Å². The van der Waals surface area contributed by atoms with Crippen molar-refractivity contribution < 1.29 is 57.7 Å². The summed E-state index contributed by atoms with van der Waals surface area (Å²) >= 11 is 2.27. The fourth-order valence-electron chi connectivity index (χ4n) is 3.50. The molecule has 0 unspecified atom stereocenters. The molecule has 4 heteroatoms. The van der Waals surface area contributed by atoms with E-state index in [2.05, 4.69) is 102 Å². The Hall–Kier alpha value is -0.496. The van der Waals surface area contributed by atoms with Gasteiger partial charge in [-0.15, -0.1) is 0 Å². The Morgan fingerprint density at radius 2 is 1.12 bits per heavy atom. The van der Waals surface area contributed by atoms with Crippen LogP contribution in [0, 0.1) is 0 Å². The molecule has 2 aromatic rings. The van der Waals surface area contributed by atoms with Crippen LogP contribution in [-0.2, 0) is 25.9 Å². The Morgan fingerprint density at radius 1 is 0.720 bits per heavy atom. The van der Waals surface area contributed by atoms with Crippen molar-refractivity contribution in [1.29, 1.82) is 0 Å². The van der Waals surface area contributed by atoms with E-state index in [1.165, 1.54) is 26.2 Å². The first kappa shape index (κ1) is 24.5. The van der Waals surface area contributed by atoms with Gasteiger partial charge in [-0.2, -0.15) is 0 Å². The fraction of sp³-hybridized carbons (Fsp3) is 0.238. The molecule has 0 heterocycles. The molecule has 25 heavy (non-hydrogen) atoms. The van der Waals surface area contributed by atoms with Crippen molar-refractivity contribution in [1.82, 2.24) is 0 Å². The van der Waals surface area contributed by atoms with Crippen LogP contribution in [0.4, 0.5) is 0 Å². The van der Waals surface area contributed by atoms with Gasteiger partial charge in [-0.3, -0.25) is 0 Å². The normalized spacial score (nSPS) is 13.8. The number of allylic oxidation sites excluding steroid dienone is 4. The Kier molecular flexibility index (Phi) is 9.80. The zero-order valence-corrected chi connectivity index (χ0v) is 18.4. The third-order valence-corrected chi connectivity index (χ3v) is 5.99. The zero-order valence-electron chi connectivity index (χ0n) is 14.6. The molecule has 0 spiro atoms. The van der Waals surface area contributed by atoms with Crippen LogP contribution in [0.25, 0.3) is 0 Å². The third-order valence-electron chi connectivity index (χ3n) is 5.13. The minimum Gasteiger partial charge on any atom is -1.00 e. The van der Waals surface area contributed by atoms with E-state index in [0.29, 0.717) is 0 Å². The van der Waals surface area contributed by atoms with Gasteiger partial charge in [0.25, 0.3) is 0 Å². The Balaban J connectivity index is 0.00000192. The summed E-state index contributed by atoms with van der Waals surface area (Å²) in [5, 5.41) is 0. The van der Waals surface area contributed by atoms with Gasteiger partial charge in [0.2, 0.25) is 0 Å². The first-order valence-corrected chi connectivity index (χ1v) is 8.56. The third kappa shape index (κ3) is 4.44. The minimum atomic E-state index is -0.0639. The second kappa shape index (κ2) is 10.00. The molecule has 0 atom stereocenters. The van der Waals surface area contributed by atoms with Crippen LogP contribution in [0.15, 0.2) is 81.3 Å². The van der Waals surface area contributed by atoms with Crippen LogP contribution in [0.5, 0.6) is 0 Å². The first-order valence-electron chi connectivity index (χ1n) is 7.78. The summed E-state index contributed by atoms with van der Waals surface area (Å²) in [7, 11) is 0. The van der Waals surface area contributed by atoms with Gasteiger partial charge in [0.05, 0.1) is 0 Å². The smallest absolute Gasteiger partial charge is 1.00 e. The molecule has 0 radical (unpaired) electrons. The van der Waals surface area contributed by atoms with E-state index in [9.17, 15) is 0 Å². The summed E-state index contributed by atoms with van der Waals surface area (Å²) in [5.74, 6) is 0. The van der Waals surface area contributed by atoms with Crippen molar-refractivity contribution in [2.24, 2.45) is 0 Å². The van der Waals surface area contributed by atoms with Crippen LogP contribution in [0.3, 0.4) is 0 Å². The molecule has 3 rings (SSSR count). The maximum atomic E-state index is 2.38. The van der Waals surface area contributed by atoms with E-state index in [4.69, 9.17) is 0 Å².